The van der Waals surface area contributed by atoms with Crippen LogP contribution in [0.25, 0.3) is 6.08 Å². The van der Waals surface area contributed by atoms with Crippen molar-refractivity contribution in [2.75, 3.05) is 16.3 Å². The molecule has 1 saturated heterocycles. The second kappa shape index (κ2) is 6.74. The zero-order valence-corrected chi connectivity index (χ0v) is 16.2. The molecule has 2 aliphatic heterocycles. The molecule has 0 aromatic heterocycles. The molecule has 130 valence electrons. The van der Waals surface area contributed by atoms with Crippen molar-refractivity contribution in [3.63, 3.8) is 0 Å². The molecule has 2 aliphatic rings. The Labute approximate surface area is 163 Å². The molecule has 0 aliphatic carbocycles. The number of thioether (sulfide) groups is 1. The van der Waals surface area contributed by atoms with Crippen LogP contribution < -0.4 is 9.80 Å². The van der Waals surface area contributed by atoms with Gasteiger partial charge in [-0.3, -0.25) is 9.69 Å². The highest BCUT2D eigenvalue weighted by Gasteiger charge is 2.37. The van der Waals surface area contributed by atoms with E-state index >= 15 is 0 Å². The molecule has 2 aromatic rings. The summed E-state index contributed by atoms with van der Waals surface area (Å²) in [6.45, 7) is 4.90. The predicted molar refractivity (Wildman–Crippen MR) is 114 cm³/mol. The molecule has 1 fully saturated rings. The number of allylic oxidation sites excluding steroid dienone is 1. The topological polar surface area (TPSA) is 23.6 Å². The van der Waals surface area contributed by atoms with E-state index in [4.69, 9.17) is 12.2 Å². The number of fused-ring (bicyclic) bond motifs is 1. The van der Waals surface area contributed by atoms with E-state index in [0.717, 1.165) is 34.7 Å². The summed E-state index contributed by atoms with van der Waals surface area (Å²) in [6, 6.07) is 16.1. The fraction of sp³-hybridized carbons (Fsp3) is 0.143. The maximum Gasteiger partial charge on any atom is 0.272 e. The summed E-state index contributed by atoms with van der Waals surface area (Å²) in [5.74, 6) is -0.0543. The Bertz CT molecular complexity index is 960. The molecule has 2 aromatic carbocycles. The number of nitrogens with zero attached hydrogens (tertiary/aromatic N) is 2. The average molecular weight is 379 g/mol. The first kappa shape index (κ1) is 17.1. The van der Waals surface area contributed by atoms with E-state index in [1.165, 1.54) is 11.8 Å². The highest BCUT2D eigenvalue weighted by Crippen LogP contribution is 2.41. The van der Waals surface area contributed by atoms with Gasteiger partial charge in [-0.15, -0.1) is 0 Å². The summed E-state index contributed by atoms with van der Waals surface area (Å²) in [5.41, 5.74) is 5.16. The highest BCUT2D eigenvalue weighted by atomic mass is 32.2. The third kappa shape index (κ3) is 2.77. The average Bonchev–Trinajstić information content (AvgIpc) is 2.95. The Morgan fingerprint density at radius 2 is 1.77 bits per heavy atom. The minimum absolute atomic E-state index is 0.0543. The first-order valence-corrected chi connectivity index (χ1v) is 9.74. The molecule has 0 unspecified atom stereocenters. The Balaban J connectivity index is 1.77. The molecule has 0 spiro atoms. The summed E-state index contributed by atoms with van der Waals surface area (Å²) in [7, 11) is 0. The molecule has 4 rings (SSSR count). The summed E-state index contributed by atoms with van der Waals surface area (Å²) in [4.78, 5) is 17.7. The minimum atomic E-state index is -0.0543. The second-order valence-corrected chi connectivity index (χ2v) is 7.84. The maximum atomic E-state index is 13.2. The Morgan fingerprint density at radius 3 is 2.50 bits per heavy atom. The second-order valence-electron chi connectivity index (χ2n) is 6.19. The van der Waals surface area contributed by atoms with Gasteiger partial charge in [-0.25, -0.2) is 0 Å². The van der Waals surface area contributed by atoms with Gasteiger partial charge in [0.1, 0.15) is 4.91 Å². The molecule has 2 heterocycles. The lowest BCUT2D eigenvalue weighted by Crippen LogP contribution is -2.30. The number of para-hydroxylation sites is 1. The zero-order valence-electron chi connectivity index (χ0n) is 14.6. The van der Waals surface area contributed by atoms with Crippen molar-refractivity contribution < 1.29 is 4.79 Å². The highest BCUT2D eigenvalue weighted by molar-refractivity contribution is 8.27. The van der Waals surface area contributed by atoms with Crippen LogP contribution >= 0.6 is 24.0 Å². The zero-order chi connectivity index (χ0) is 18.3. The van der Waals surface area contributed by atoms with Gasteiger partial charge in [0.15, 0.2) is 4.32 Å². The third-order valence-electron chi connectivity index (χ3n) is 4.55. The number of amides is 1. The standard InChI is InChI=1S/C21H18N2OS2/c1-3-22-17-7-5-4-6-15(17)10-13-18(22)19-20(24)23(21(25)26-19)16-11-8-14(2)9-12-16/h4-13H,3H2,1-2H3. The van der Waals surface area contributed by atoms with Gasteiger partial charge in [-0.1, -0.05) is 66.0 Å². The van der Waals surface area contributed by atoms with Gasteiger partial charge < -0.3 is 4.90 Å². The van der Waals surface area contributed by atoms with Crippen LogP contribution in [0.4, 0.5) is 11.4 Å². The van der Waals surface area contributed by atoms with Gasteiger partial charge in [0.25, 0.3) is 5.91 Å². The first-order valence-electron chi connectivity index (χ1n) is 8.52. The van der Waals surface area contributed by atoms with Crippen molar-refractivity contribution in [2.45, 2.75) is 13.8 Å². The van der Waals surface area contributed by atoms with E-state index in [0.29, 0.717) is 9.23 Å². The van der Waals surface area contributed by atoms with Crippen molar-refractivity contribution in [3.8, 4) is 0 Å². The summed E-state index contributed by atoms with van der Waals surface area (Å²) in [6.07, 6.45) is 4.09. The fourth-order valence-corrected chi connectivity index (χ4v) is 4.60. The third-order valence-corrected chi connectivity index (χ3v) is 5.93. The number of aryl methyl sites for hydroxylation is 1. The van der Waals surface area contributed by atoms with Crippen LogP contribution in [0.15, 0.2) is 65.2 Å². The lowest BCUT2D eigenvalue weighted by atomic mass is 10.1. The molecule has 1 amide bonds. The molecule has 5 heteroatoms. The van der Waals surface area contributed by atoms with Crippen molar-refractivity contribution in [1.82, 2.24) is 0 Å². The van der Waals surface area contributed by atoms with Crippen LogP contribution in [0, 0.1) is 6.92 Å². The number of hydrogen-bond acceptors (Lipinski definition) is 4. The molecular formula is C21H18N2OS2. The molecular weight excluding hydrogens is 360 g/mol. The molecule has 0 saturated carbocycles. The Kier molecular flexibility index (Phi) is 4.42. The van der Waals surface area contributed by atoms with Crippen LogP contribution in [0.3, 0.4) is 0 Å². The molecule has 0 radical (unpaired) electrons. The van der Waals surface area contributed by atoms with Gasteiger partial charge in [-0.05, 0) is 43.7 Å². The Morgan fingerprint density at radius 1 is 1.04 bits per heavy atom. The number of anilines is 2. The number of likely N-dealkylation sites (N-methyl/N-ethyl adjacent to an activating group) is 1. The molecule has 0 atom stereocenters. The molecule has 3 nitrogen and oxygen atoms in total. The minimum Gasteiger partial charge on any atom is -0.340 e. The normalized spacial score (nSPS) is 19.3. The number of thiocarbonyl (C=S) groups is 1. The van der Waals surface area contributed by atoms with Gasteiger partial charge in [0, 0.05) is 12.2 Å². The van der Waals surface area contributed by atoms with Gasteiger partial charge >= 0.3 is 0 Å². The maximum absolute atomic E-state index is 13.2. The summed E-state index contributed by atoms with van der Waals surface area (Å²) >= 11 is 6.90. The number of rotatable bonds is 2. The summed E-state index contributed by atoms with van der Waals surface area (Å²) in [5, 5.41) is 0. The molecule has 0 N–H and O–H groups in total. The van der Waals surface area contributed by atoms with E-state index in [1.807, 2.05) is 49.4 Å². The van der Waals surface area contributed by atoms with Crippen molar-refractivity contribution in [2.24, 2.45) is 0 Å². The quantitative estimate of drug-likeness (QED) is 0.534. The van der Waals surface area contributed by atoms with E-state index in [9.17, 15) is 4.79 Å². The fourth-order valence-electron chi connectivity index (χ4n) is 3.24. The number of benzene rings is 2. The van der Waals surface area contributed by atoms with Crippen LogP contribution in [-0.4, -0.2) is 16.8 Å². The van der Waals surface area contributed by atoms with Gasteiger partial charge in [-0.2, -0.15) is 0 Å². The predicted octanol–water partition coefficient (Wildman–Crippen LogP) is 5.12. The van der Waals surface area contributed by atoms with Crippen molar-refractivity contribution >= 4 is 51.7 Å². The van der Waals surface area contributed by atoms with Crippen LogP contribution in [0.1, 0.15) is 18.1 Å². The lowest BCUT2D eigenvalue weighted by molar-refractivity contribution is -0.113. The van der Waals surface area contributed by atoms with Crippen LogP contribution in [0.2, 0.25) is 0 Å². The summed E-state index contributed by atoms with van der Waals surface area (Å²) < 4.78 is 0.574. The number of carbonyl (C=O) groups excluding carboxylic acids is 1. The Hall–Kier alpha value is -2.37. The lowest BCUT2D eigenvalue weighted by Gasteiger charge is -2.30. The largest absolute Gasteiger partial charge is 0.340 e. The number of carbonyl (C=O) groups is 1. The van der Waals surface area contributed by atoms with Crippen LogP contribution in [0.5, 0.6) is 0 Å². The smallest absolute Gasteiger partial charge is 0.272 e. The van der Waals surface area contributed by atoms with E-state index < -0.39 is 0 Å². The van der Waals surface area contributed by atoms with Crippen molar-refractivity contribution in [1.29, 1.82) is 0 Å². The number of hydrogen-bond donors (Lipinski definition) is 0. The van der Waals surface area contributed by atoms with E-state index in [2.05, 4.69) is 30.0 Å². The van der Waals surface area contributed by atoms with Crippen molar-refractivity contribution in [3.05, 3.63) is 76.3 Å². The molecule has 26 heavy (non-hydrogen) atoms. The van der Waals surface area contributed by atoms with E-state index in [-0.39, 0.29) is 5.91 Å². The van der Waals surface area contributed by atoms with Crippen LogP contribution in [-0.2, 0) is 4.79 Å². The van der Waals surface area contributed by atoms with Gasteiger partial charge in [0.05, 0.1) is 11.4 Å². The monoisotopic (exact) mass is 378 g/mol. The first-order chi connectivity index (χ1) is 12.6. The SMILES string of the molecule is CCN1C(=C2SC(=S)N(c3ccc(C)cc3)C2=O)C=Cc2ccccc21. The van der Waals surface area contributed by atoms with E-state index in [1.54, 1.807) is 4.90 Å². The molecule has 0 bridgehead atoms. The van der Waals surface area contributed by atoms with Gasteiger partial charge in [0.2, 0.25) is 0 Å².